The topological polar surface area (TPSA) is 88.7 Å². The molecular formula is C52H30N4O2. The Labute approximate surface area is 333 Å². The number of furan rings is 2. The highest BCUT2D eigenvalue weighted by Crippen LogP contribution is 2.39. The molecule has 4 aromatic heterocycles. The van der Waals surface area contributed by atoms with Crippen LogP contribution in [0.15, 0.2) is 191 Å². The summed E-state index contributed by atoms with van der Waals surface area (Å²) in [7, 11) is 0. The third kappa shape index (κ3) is 5.87. The van der Waals surface area contributed by atoms with Crippen molar-refractivity contribution in [3.8, 4) is 73.4 Å². The van der Waals surface area contributed by atoms with Crippen LogP contribution in [0.4, 0.5) is 0 Å². The Morgan fingerprint density at radius 2 is 0.897 bits per heavy atom. The van der Waals surface area contributed by atoms with Crippen LogP contribution in [0.3, 0.4) is 0 Å². The molecular weight excluding hydrogens is 713 g/mol. The zero-order valence-corrected chi connectivity index (χ0v) is 30.9. The van der Waals surface area contributed by atoms with Gasteiger partial charge in [0.25, 0.3) is 0 Å². The predicted octanol–water partition coefficient (Wildman–Crippen LogP) is 13.5. The summed E-state index contributed by atoms with van der Waals surface area (Å²) in [6, 6.07) is 59.8. The van der Waals surface area contributed by atoms with Crippen LogP contribution >= 0.6 is 0 Å². The van der Waals surface area contributed by atoms with Gasteiger partial charge in [-0.05, 0) is 113 Å². The lowest BCUT2D eigenvalue weighted by atomic mass is 9.94. The molecule has 0 aliphatic carbocycles. The number of fused-ring (bicyclic) bond motifs is 6. The molecule has 4 heterocycles. The fourth-order valence-corrected chi connectivity index (χ4v) is 7.88. The summed E-state index contributed by atoms with van der Waals surface area (Å²) < 4.78 is 12.4. The molecule has 270 valence electrons. The highest BCUT2D eigenvalue weighted by molar-refractivity contribution is 6.07. The lowest BCUT2D eigenvalue weighted by molar-refractivity contribution is 0.668. The average Bonchev–Trinajstić information content (AvgIpc) is 3.87. The molecule has 6 heteroatoms. The summed E-state index contributed by atoms with van der Waals surface area (Å²) in [5.41, 5.74) is 14.4. The van der Waals surface area contributed by atoms with E-state index in [0.717, 1.165) is 105 Å². The highest BCUT2D eigenvalue weighted by Gasteiger charge is 2.17. The fourth-order valence-electron chi connectivity index (χ4n) is 7.88. The number of nitrogens with zero attached hydrogens (tertiary/aromatic N) is 4. The fraction of sp³-hybridized carbons (Fsp3) is 0. The molecule has 0 amide bonds. The smallest absolute Gasteiger partial charge is 0.160 e. The minimum Gasteiger partial charge on any atom is -0.456 e. The minimum absolute atomic E-state index is 0.580. The van der Waals surface area contributed by atoms with E-state index in [2.05, 4.69) is 102 Å². The number of hydrogen-bond donors (Lipinski definition) is 0. The van der Waals surface area contributed by atoms with E-state index in [4.69, 9.17) is 18.8 Å². The second-order valence-corrected chi connectivity index (χ2v) is 14.4. The molecule has 0 N–H and O–H groups in total. The van der Waals surface area contributed by atoms with Gasteiger partial charge in [0.1, 0.15) is 22.3 Å². The van der Waals surface area contributed by atoms with Crippen molar-refractivity contribution in [3.05, 3.63) is 188 Å². The maximum Gasteiger partial charge on any atom is 0.160 e. The van der Waals surface area contributed by atoms with E-state index in [0.29, 0.717) is 11.4 Å². The number of pyridine rings is 1. The van der Waals surface area contributed by atoms with Gasteiger partial charge in [-0.3, -0.25) is 4.98 Å². The van der Waals surface area contributed by atoms with Crippen molar-refractivity contribution < 1.29 is 8.83 Å². The lowest BCUT2D eigenvalue weighted by Crippen LogP contribution is -1.97. The molecule has 0 saturated heterocycles. The van der Waals surface area contributed by atoms with E-state index < -0.39 is 0 Å². The number of aromatic nitrogens is 3. The summed E-state index contributed by atoms with van der Waals surface area (Å²) in [6.07, 6.45) is 3.65. The summed E-state index contributed by atoms with van der Waals surface area (Å²) in [5, 5.41) is 13.8. The zero-order chi connectivity index (χ0) is 38.6. The first-order valence-corrected chi connectivity index (χ1v) is 19.0. The van der Waals surface area contributed by atoms with Crippen molar-refractivity contribution in [1.82, 2.24) is 15.0 Å². The third-order valence-electron chi connectivity index (χ3n) is 10.8. The van der Waals surface area contributed by atoms with E-state index in [1.54, 1.807) is 6.20 Å². The first-order chi connectivity index (χ1) is 28.6. The maximum atomic E-state index is 9.55. The third-order valence-corrected chi connectivity index (χ3v) is 10.8. The number of hydrogen-bond acceptors (Lipinski definition) is 6. The lowest BCUT2D eigenvalue weighted by Gasteiger charge is -2.14. The van der Waals surface area contributed by atoms with Crippen LogP contribution in [0, 0.1) is 11.3 Å². The second kappa shape index (κ2) is 13.6. The predicted molar refractivity (Wildman–Crippen MR) is 232 cm³/mol. The summed E-state index contributed by atoms with van der Waals surface area (Å²) >= 11 is 0. The molecule has 0 bridgehead atoms. The first-order valence-electron chi connectivity index (χ1n) is 19.0. The molecule has 11 aromatic rings. The van der Waals surface area contributed by atoms with E-state index in [1.807, 2.05) is 85.1 Å². The Hall–Kier alpha value is -8.14. The van der Waals surface area contributed by atoms with Crippen molar-refractivity contribution in [2.45, 2.75) is 0 Å². The highest BCUT2D eigenvalue weighted by atomic mass is 16.3. The van der Waals surface area contributed by atoms with Crippen molar-refractivity contribution >= 4 is 43.9 Å². The Morgan fingerprint density at radius 1 is 0.379 bits per heavy atom. The van der Waals surface area contributed by atoms with Crippen LogP contribution in [0.5, 0.6) is 0 Å². The molecule has 0 aliphatic heterocycles. The van der Waals surface area contributed by atoms with Crippen LogP contribution in [0.2, 0.25) is 0 Å². The SMILES string of the molecule is N#Cc1ccc(-c2cc(-c3cccc(-c4cccnc4)c3)nc(-c3cc(-c4ccc5oc6ccccc6c5c4)cc(-c4ccc5oc6ccccc6c5c4)c3)n2)cc1. The number of rotatable bonds is 6. The standard InChI is InChI=1S/C52H30N4O2/c53-30-32-14-16-33(17-15-32)46-29-47(37-8-5-7-34(23-37)38-9-6-22-54-31-38)56-52(55-46)41-25-39(35-18-20-50-44(27-35)42-10-1-3-12-48(42)57-50)24-40(26-41)36-19-21-51-45(28-36)43-11-2-4-13-49(43)58-51/h1-29,31H. The molecule has 6 nitrogen and oxygen atoms in total. The minimum atomic E-state index is 0.580. The quantitative estimate of drug-likeness (QED) is 0.168. The summed E-state index contributed by atoms with van der Waals surface area (Å²) in [4.78, 5) is 14.9. The van der Waals surface area contributed by atoms with Crippen LogP contribution in [0.25, 0.3) is 111 Å². The largest absolute Gasteiger partial charge is 0.456 e. The Bertz CT molecular complexity index is 3280. The van der Waals surface area contributed by atoms with Gasteiger partial charge in [-0.15, -0.1) is 0 Å². The van der Waals surface area contributed by atoms with E-state index in [-0.39, 0.29) is 0 Å². The molecule has 0 aliphatic rings. The maximum absolute atomic E-state index is 9.55. The molecule has 0 atom stereocenters. The van der Waals surface area contributed by atoms with Crippen molar-refractivity contribution in [1.29, 1.82) is 5.26 Å². The van der Waals surface area contributed by atoms with Gasteiger partial charge in [0.15, 0.2) is 5.82 Å². The van der Waals surface area contributed by atoms with Crippen molar-refractivity contribution in [2.24, 2.45) is 0 Å². The molecule has 11 rings (SSSR count). The van der Waals surface area contributed by atoms with E-state index in [1.165, 1.54) is 0 Å². The normalized spacial score (nSPS) is 11.4. The van der Waals surface area contributed by atoms with Gasteiger partial charge < -0.3 is 8.83 Å². The van der Waals surface area contributed by atoms with Crippen molar-refractivity contribution in [2.75, 3.05) is 0 Å². The van der Waals surface area contributed by atoms with Gasteiger partial charge in [0.05, 0.1) is 23.0 Å². The first kappa shape index (κ1) is 33.2. The van der Waals surface area contributed by atoms with Crippen LogP contribution < -0.4 is 0 Å². The molecule has 58 heavy (non-hydrogen) atoms. The summed E-state index contributed by atoms with van der Waals surface area (Å²) in [6.45, 7) is 0. The van der Waals surface area contributed by atoms with E-state index in [9.17, 15) is 5.26 Å². The number of para-hydroxylation sites is 2. The van der Waals surface area contributed by atoms with Gasteiger partial charge in [0, 0.05) is 56.2 Å². The Kier molecular flexibility index (Phi) is 7.76. The monoisotopic (exact) mass is 742 g/mol. The van der Waals surface area contributed by atoms with Gasteiger partial charge in [0.2, 0.25) is 0 Å². The Morgan fingerprint density at radius 3 is 1.52 bits per heavy atom. The zero-order valence-electron chi connectivity index (χ0n) is 30.9. The molecule has 0 radical (unpaired) electrons. The number of benzene rings is 7. The second-order valence-electron chi connectivity index (χ2n) is 14.4. The van der Waals surface area contributed by atoms with Gasteiger partial charge >= 0.3 is 0 Å². The van der Waals surface area contributed by atoms with Crippen LogP contribution in [-0.4, -0.2) is 15.0 Å². The van der Waals surface area contributed by atoms with E-state index >= 15 is 0 Å². The molecule has 0 spiro atoms. The molecule has 0 unspecified atom stereocenters. The number of nitriles is 1. The van der Waals surface area contributed by atoms with Crippen LogP contribution in [0.1, 0.15) is 5.56 Å². The van der Waals surface area contributed by atoms with Gasteiger partial charge in [-0.2, -0.15) is 5.26 Å². The van der Waals surface area contributed by atoms with Gasteiger partial charge in [-0.1, -0.05) is 84.9 Å². The molecule has 0 saturated carbocycles. The average molecular weight is 743 g/mol. The van der Waals surface area contributed by atoms with Crippen LogP contribution in [-0.2, 0) is 0 Å². The summed E-state index contributed by atoms with van der Waals surface area (Å²) in [5.74, 6) is 0.580. The molecule has 7 aromatic carbocycles. The molecule has 0 fully saturated rings. The Balaban J connectivity index is 1.14. The van der Waals surface area contributed by atoms with Gasteiger partial charge in [-0.25, -0.2) is 9.97 Å². The van der Waals surface area contributed by atoms with Crippen molar-refractivity contribution in [3.63, 3.8) is 0 Å².